The summed E-state index contributed by atoms with van der Waals surface area (Å²) in [5, 5.41) is 0.490. The lowest BCUT2D eigenvalue weighted by molar-refractivity contribution is 0.178. The second kappa shape index (κ2) is 5.65. The molecule has 1 saturated carbocycles. The molecule has 5 heteroatoms. The van der Waals surface area contributed by atoms with E-state index in [0.29, 0.717) is 23.6 Å². The SMILES string of the molecule is CCCN(c1cc(Cl)nc(COC)n1)C1CC1. The van der Waals surface area contributed by atoms with E-state index in [-0.39, 0.29) is 0 Å². The van der Waals surface area contributed by atoms with Crippen molar-refractivity contribution in [1.82, 2.24) is 9.97 Å². The molecule has 0 saturated heterocycles. The van der Waals surface area contributed by atoms with Crippen LogP contribution < -0.4 is 4.90 Å². The van der Waals surface area contributed by atoms with E-state index in [2.05, 4.69) is 21.8 Å². The van der Waals surface area contributed by atoms with Crippen molar-refractivity contribution in [3.05, 3.63) is 17.0 Å². The number of methoxy groups -OCH3 is 1. The van der Waals surface area contributed by atoms with Crippen molar-refractivity contribution >= 4 is 17.4 Å². The number of anilines is 1. The van der Waals surface area contributed by atoms with Gasteiger partial charge in [0.1, 0.15) is 17.6 Å². The van der Waals surface area contributed by atoms with Crippen LogP contribution >= 0.6 is 11.6 Å². The minimum absolute atomic E-state index is 0.401. The average molecular weight is 256 g/mol. The number of rotatable bonds is 6. The van der Waals surface area contributed by atoms with E-state index >= 15 is 0 Å². The molecule has 17 heavy (non-hydrogen) atoms. The van der Waals surface area contributed by atoms with Crippen LogP contribution in [-0.2, 0) is 11.3 Å². The predicted molar refractivity (Wildman–Crippen MR) is 68.4 cm³/mol. The first kappa shape index (κ1) is 12.6. The maximum Gasteiger partial charge on any atom is 0.158 e. The van der Waals surface area contributed by atoms with Gasteiger partial charge in [0.15, 0.2) is 5.82 Å². The highest BCUT2D eigenvalue weighted by Gasteiger charge is 2.29. The molecule has 0 aliphatic heterocycles. The van der Waals surface area contributed by atoms with Crippen LogP contribution in [0.1, 0.15) is 32.0 Å². The van der Waals surface area contributed by atoms with E-state index in [1.807, 2.05) is 6.07 Å². The van der Waals surface area contributed by atoms with Crippen LogP contribution in [0.2, 0.25) is 5.15 Å². The first-order valence-electron chi connectivity index (χ1n) is 6.03. The second-order valence-electron chi connectivity index (χ2n) is 4.32. The van der Waals surface area contributed by atoms with Crippen molar-refractivity contribution in [2.75, 3.05) is 18.6 Å². The van der Waals surface area contributed by atoms with Gasteiger partial charge in [0, 0.05) is 25.8 Å². The minimum Gasteiger partial charge on any atom is -0.377 e. The molecule has 1 aliphatic rings. The third-order valence-electron chi connectivity index (χ3n) is 2.75. The van der Waals surface area contributed by atoms with Gasteiger partial charge >= 0.3 is 0 Å². The number of aromatic nitrogens is 2. The highest BCUT2D eigenvalue weighted by molar-refractivity contribution is 6.29. The molecule has 0 spiro atoms. The van der Waals surface area contributed by atoms with E-state index in [1.54, 1.807) is 7.11 Å². The van der Waals surface area contributed by atoms with Gasteiger partial charge in [-0.25, -0.2) is 9.97 Å². The van der Waals surface area contributed by atoms with Crippen LogP contribution in [0.4, 0.5) is 5.82 Å². The molecule has 0 N–H and O–H groups in total. The summed E-state index contributed by atoms with van der Waals surface area (Å²) in [4.78, 5) is 11.0. The Balaban J connectivity index is 2.22. The van der Waals surface area contributed by atoms with Crippen LogP contribution in [0.25, 0.3) is 0 Å². The fourth-order valence-corrected chi connectivity index (χ4v) is 2.10. The molecule has 0 amide bonds. The van der Waals surface area contributed by atoms with Crippen molar-refractivity contribution in [2.45, 2.75) is 38.8 Å². The molecule has 0 bridgehead atoms. The molecule has 1 aliphatic carbocycles. The Morgan fingerprint density at radius 1 is 1.47 bits per heavy atom. The number of nitrogens with zero attached hydrogens (tertiary/aromatic N) is 3. The highest BCUT2D eigenvalue weighted by atomic mass is 35.5. The molecule has 1 heterocycles. The molecule has 0 aromatic carbocycles. The van der Waals surface area contributed by atoms with E-state index in [0.717, 1.165) is 18.8 Å². The van der Waals surface area contributed by atoms with Crippen LogP contribution in [0.15, 0.2) is 6.07 Å². The number of ether oxygens (including phenoxy) is 1. The lowest BCUT2D eigenvalue weighted by atomic mass is 10.3. The Morgan fingerprint density at radius 2 is 2.24 bits per heavy atom. The first-order valence-corrected chi connectivity index (χ1v) is 6.41. The standard InChI is InChI=1S/C12H18ClN3O/c1-3-6-16(9-4-5-9)12-7-10(13)14-11(15-12)8-17-2/h7,9H,3-6,8H2,1-2H3. The molecule has 2 rings (SSSR count). The molecule has 0 unspecified atom stereocenters. The summed E-state index contributed by atoms with van der Waals surface area (Å²) in [5.41, 5.74) is 0. The van der Waals surface area contributed by atoms with Crippen LogP contribution in [-0.4, -0.2) is 29.7 Å². The molecule has 94 valence electrons. The van der Waals surface area contributed by atoms with E-state index in [9.17, 15) is 0 Å². The average Bonchev–Trinajstić information content (AvgIpc) is 3.09. The zero-order valence-electron chi connectivity index (χ0n) is 10.3. The van der Waals surface area contributed by atoms with Gasteiger partial charge in [-0.2, -0.15) is 0 Å². The molecule has 1 aromatic heterocycles. The van der Waals surface area contributed by atoms with Crippen LogP contribution in [0.3, 0.4) is 0 Å². The summed E-state index contributed by atoms with van der Waals surface area (Å²) < 4.78 is 5.05. The summed E-state index contributed by atoms with van der Waals surface area (Å²) >= 11 is 6.02. The molecule has 0 atom stereocenters. The van der Waals surface area contributed by atoms with Crippen LogP contribution in [0.5, 0.6) is 0 Å². The minimum atomic E-state index is 0.401. The Bertz CT molecular complexity index is 382. The number of hydrogen-bond donors (Lipinski definition) is 0. The zero-order chi connectivity index (χ0) is 12.3. The lowest BCUT2D eigenvalue weighted by Crippen LogP contribution is -2.27. The quantitative estimate of drug-likeness (QED) is 0.733. The topological polar surface area (TPSA) is 38.2 Å². The van der Waals surface area contributed by atoms with E-state index < -0.39 is 0 Å². The van der Waals surface area contributed by atoms with Gasteiger partial charge in [0.25, 0.3) is 0 Å². The molecule has 1 fully saturated rings. The summed E-state index contributed by atoms with van der Waals surface area (Å²) in [5.74, 6) is 1.58. The van der Waals surface area contributed by atoms with Gasteiger partial charge in [-0.05, 0) is 19.3 Å². The summed E-state index contributed by atoms with van der Waals surface area (Å²) in [6.07, 6.45) is 3.61. The monoisotopic (exact) mass is 255 g/mol. The molecule has 0 radical (unpaired) electrons. The largest absolute Gasteiger partial charge is 0.377 e. The Labute approximate surface area is 107 Å². The van der Waals surface area contributed by atoms with Crippen molar-refractivity contribution in [3.63, 3.8) is 0 Å². The van der Waals surface area contributed by atoms with Crippen molar-refractivity contribution in [3.8, 4) is 0 Å². The normalized spacial score (nSPS) is 15.0. The third-order valence-corrected chi connectivity index (χ3v) is 2.94. The number of hydrogen-bond acceptors (Lipinski definition) is 4. The van der Waals surface area contributed by atoms with Gasteiger partial charge < -0.3 is 9.64 Å². The fraction of sp³-hybridized carbons (Fsp3) is 0.667. The number of halogens is 1. The van der Waals surface area contributed by atoms with Gasteiger partial charge in [-0.15, -0.1) is 0 Å². The van der Waals surface area contributed by atoms with Gasteiger partial charge in [-0.1, -0.05) is 18.5 Å². The Morgan fingerprint density at radius 3 is 2.82 bits per heavy atom. The highest BCUT2D eigenvalue weighted by Crippen LogP contribution is 2.31. The van der Waals surface area contributed by atoms with Crippen molar-refractivity contribution in [1.29, 1.82) is 0 Å². The van der Waals surface area contributed by atoms with Gasteiger partial charge in [0.05, 0.1) is 0 Å². The van der Waals surface area contributed by atoms with Gasteiger partial charge in [-0.3, -0.25) is 0 Å². The zero-order valence-corrected chi connectivity index (χ0v) is 11.1. The summed E-state index contributed by atoms with van der Waals surface area (Å²) in [6.45, 7) is 3.59. The van der Waals surface area contributed by atoms with E-state index in [4.69, 9.17) is 16.3 Å². The van der Waals surface area contributed by atoms with Crippen LogP contribution in [0, 0.1) is 0 Å². The maximum atomic E-state index is 6.02. The Kier molecular flexibility index (Phi) is 4.18. The summed E-state index contributed by atoms with van der Waals surface area (Å²) in [7, 11) is 1.63. The Hall–Kier alpha value is -0.870. The smallest absolute Gasteiger partial charge is 0.158 e. The fourth-order valence-electron chi connectivity index (χ4n) is 1.90. The molecule has 4 nitrogen and oxygen atoms in total. The maximum absolute atomic E-state index is 6.02. The molecule has 1 aromatic rings. The second-order valence-corrected chi connectivity index (χ2v) is 4.71. The predicted octanol–water partition coefficient (Wildman–Crippen LogP) is 2.66. The first-order chi connectivity index (χ1) is 8.24. The van der Waals surface area contributed by atoms with Gasteiger partial charge in [0.2, 0.25) is 0 Å². The third kappa shape index (κ3) is 3.30. The van der Waals surface area contributed by atoms with Crippen molar-refractivity contribution < 1.29 is 4.74 Å². The molecular weight excluding hydrogens is 238 g/mol. The van der Waals surface area contributed by atoms with E-state index in [1.165, 1.54) is 12.8 Å². The summed E-state index contributed by atoms with van der Waals surface area (Å²) in [6, 6.07) is 2.48. The lowest BCUT2D eigenvalue weighted by Gasteiger charge is -2.23. The van der Waals surface area contributed by atoms with Crippen molar-refractivity contribution in [2.24, 2.45) is 0 Å². The molecular formula is C12H18ClN3O.